The van der Waals surface area contributed by atoms with Crippen molar-refractivity contribution in [2.75, 3.05) is 18.4 Å². The summed E-state index contributed by atoms with van der Waals surface area (Å²) in [5.74, 6) is 0.635. The van der Waals surface area contributed by atoms with Crippen molar-refractivity contribution in [3.8, 4) is 0 Å². The van der Waals surface area contributed by atoms with E-state index in [4.69, 9.17) is 16.3 Å². The summed E-state index contributed by atoms with van der Waals surface area (Å²) in [6, 6.07) is 5.65. The summed E-state index contributed by atoms with van der Waals surface area (Å²) < 4.78 is 5.23. The van der Waals surface area contributed by atoms with Crippen molar-refractivity contribution in [1.29, 1.82) is 0 Å². The highest BCUT2D eigenvalue weighted by Crippen LogP contribution is 2.26. The summed E-state index contributed by atoms with van der Waals surface area (Å²) in [4.78, 5) is 11.8. The highest BCUT2D eigenvalue weighted by atomic mass is 35.5. The largest absolute Gasteiger partial charge is 0.444 e. The summed E-state index contributed by atoms with van der Waals surface area (Å²) in [5.41, 5.74) is 1.27. The van der Waals surface area contributed by atoms with E-state index in [-0.39, 0.29) is 0 Å². The Kier molecular flexibility index (Phi) is 5.70. The van der Waals surface area contributed by atoms with Crippen LogP contribution in [0, 0.1) is 5.92 Å². The average Bonchev–Trinajstić information content (AvgIpc) is 2.41. The first kappa shape index (κ1) is 17.1. The summed E-state index contributed by atoms with van der Waals surface area (Å²) >= 11 is 6.35. The summed E-state index contributed by atoms with van der Waals surface area (Å²) in [6.07, 6.45) is 2.97. The quantitative estimate of drug-likeness (QED) is 0.874. The number of carbonyl (C=O) groups is 1. The number of halogens is 1. The van der Waals surface area contributed by atoms with Gasteiger partial charge in [0.2, 0.25) is 0 Å². The van der Waals surface area contributed by atoms with E-state index < -0.39 is 11.7 Å². The second kappa shape index (κ2) is 7.34. The van der Waals surface area contributed by atoms with Crippen LogP contribution in [0.4, 0.5) is 10.5 Å². The SMILES string of the molecule is CC(C)(C)OC(=O)Nc1ccc(CC2CCCNC2)c(Cl)c1. The molecule has 0 aromatic heterocycles. The van der Waals surface area contributed by atoms with Gasteiger partial charge in [-0.15, -0.1) is 0 Å². The molecule has 0 saturated carbocycles. The van der Waals surface area contributed by atoms with E-state index in [9.17, 15) is 4.79 Å². The van der Waals surface area contributed by atoms with Crippen LogP contribution in [-0.4, -0.2) is 24.8 Å². The van der Waals surface area contributed by atoms with Crippen LogP contribution in [0.15, 0.2) is 18.2 Å². The minimum atomic E-state index is -0.512. The van der Waals surface area contributed by atoms with Crippen LogP contribution in [0.5, 0.6) is 0 Å². The normalized spacial score (nSPS) is 18.8. The first-order valence-corrected chi connectivity index (χ1v) is 8.20. The fraction of sp³-hybridized carbons (Fsp3) is 0.588. The molecule has 1 aliphatic rings. The molecule has 1 heterocycles. The lowest BCUT2D eigenvalue weighted by Crippen LogP contribution is -2.30. The lowest BCUT2D eigenvalue weighted by molar-refractivity contribution is 0.0636. The zero-order valence-corrected chi connectivity index (χ0v) is 14.3. The van der Waals surface area contributed by atoms with Gasteiger partial charge in [0.25, 0.3) is 0 Å². The third kappa shape index (κ3) is 5.50. The number of piperidine rings is 1. The Balaban J connectivity index is 1.95. The molecule has 1 saturated heterocycles. The van der Waals surface area contributed by atoms with Gasteiger partial charge < -0.3 is 10.1 Å². The fourth-order valence-electron chi connectivity index (χ4n) is 2.62. The van der Waals surface area contributed by atoms with Crippen LogP contribution >= 0.6 is 11.6 Å². The van der Waals surface area contributed by atoms with E-state index in [1.54, 1.807) is 6.07 Å². The van der Waals surface area contributed by atoms with Gasteiger partial charge in [0.15, 0.2) is 0 Å². The third-order valence-corrected chi connectivity index (χ3v) is 3.96. The van der Waals surface area contributed by atoms with Crippen molar-refractivity contribution >= 4 is 23.4 Å². The monoisotopic (exact) mass is 324 g/mol. The zero-order chi connectivity index (χ0) is 16.2. The second-order valence-electron chi connectivity index (χ2n) is 6.85. The Morgan fingerprint density at radius 3 is 2.82 bits per heavy atom. The molecule has 2 N–H and O–H groups in total. The third-order valence-electron chi connectivity index (χ3n) is 3.61. The van der Waals surface area contributed by atoms with Gasteiger partial charge in [0.1, 0.15) is 5.60 Å². The molecule has 1 aromatic carbocycles. The maximum Gasteiger partial charge on any atom is 0.412 e. The first-order valence-electron chi connectivity index (χ1n) is 7.82. The minimum Gasteiger partial charge on any atom is -0.444 e. The standard InChI is InChI=1S/C17H25ClN2O2/c1-17(2,3)22-16(21)20-14-7-6-13(15(18)10-14)9-12-5-4-8-19-11-12/h6-7,10,12,19H,4-5,8-9,11H2,1-3H3,(H,20,21). The molecular weight excluding hydrogens is 300 g/mol. The Hall–Kier alpha value is -1.26. The highest BCUT2D eigenvalue weighted by Gasteiger charge is 2.17. The predicted molar refractivity (Wildman–Crippen MR) is 90.6 cm³/mol. The van der Waals surface area contributed by atoms with E-state index >= 15 is 0 Å². The van der Waals surface area contributed by atoms with Crippen molar-refractivity contribution in [1.82, 2.24) is 5.32 Å². The number of hydrogen-bond acceptors (Lipinski definition) is 3. The molecule has 1 amide bonds. The Morgan fingerprint density at radius 1 is 1.45 bits per heavy atom. The van der Waals surface area contributed by atoms with Crippen LogP contribution in [0.3, 0.4) is 0 Å². The molecule has 22 heavy (non-hydrogen) atoms. The number of carbonyl (C=O) groups excluding carboxylic acids is 1. The molecular formula is C17H25ClN2O2. The van der Waals surface area contributed by atoms with E-state index in [0.29, 0.717) is 16.6 Å². The molecule has 1 fully saturated rings. The van der Waals surface area contributed by atoms with Crippen LogP contribution in [0.2, 0.25) is 5.02 Å². The van der Waals surface area contributed by atoms with Gasteiger partial charge in [-0.25, -0.2) is 4.79 Å². The Bertz CT molecular complexity index is 520. The summed E-state index contributed by atoms with van der Waals surface area (Å²) in [5, 5.41) is 6.82. The molecule has 4 nitrogen and oxygen atoms in total. The van der Waals surface area contributed by atoms with Crippen LogP contribution < -0.4 is 10.6 Å². The highest BCUT2D eigenvalue weighted by molar-refractivity contribution is 6.31. The maximum absolute atomic E-state index is 11.8. The molecule has 1 unspecified atom stereocenters. The van der Waals surface area contributed by atoms with Gasteiger partial charge in [-0.2, -0.15) is 0 Å². The molecule has 0 radical (unpaired) electrons. The molecule has 1 atom stereocenters. The molecule has 1 aliphatic heterocycles. The summed E-state index contributed by atoms with van der Waals surface area (Å²) in [7, 11) is 0. The van der Waals surface area contributed by atoms with E-state index in [1.807, 2.05) is 32.9 Å². The molecule has 0 aliphatic carbocycles. The van der Waals surface area contributed by atoms with Crippen molar-refractivity contribution in [3.05, 3.63) is 28.8 Å². The van der Waals surface area contributed by atoms with E-state index in [0.717, 1.165) is 25.1 Å². The lowest BCUT2D eigenvalue weighted by atomic mass is 9.92. The number of ether oxygens (including phenoxy) is 1. The number of rotatable bonds is 3. The fourth-order valence-corrected chi connectivity index (χ4v) is 2.88. The number of amides is 1. The second-order valence-corrected chi connectivity index (χ2v) is 7.26. The number of benzene rings is 1. The van der Waals surface area contributed by atoms with Crippen LogP contribution in [0.25, 0.3) is 0 Å². The van der Waals surface area contributed by atoms with Gasteiger partial charge in [-0.1, -0.05) is 17.7 Å². The van der Waals surface area contributed by atoms with Gasteiger partial charge in [-0.05, 0) is 76.7 Å². The summed E-state index contributed by atoms with van der Waals surface area (Å²) in [6.45, 7) is 7.67. The molecule has 5 heteroatoms. The number of nitrogens with one attached hydrogen (secondary N) is 2. The average molecular weight is 325 g/mol. The smallest absolute Gasteiger partial charge is 0.412 e. The Morgan fingerprint density at radius 2 is 2.23 bits per heavy atom. The molecule has 1 aromatic rings. The number of anilines is 1. The first-order chi connectivity index (χ1) is 10.3. The van der Waals surface area contributed by atoms with Crippen LogP contribution in [-0.2, 0) is 11.2 Å². The predicted octanol–water partition coefficient (Wildman–Crippen LogP) is 4.23. The zero-order valence-electron chi connectivity index (χ0n) is 13.5. The minimum absolute atomic E-state index is 0.465. The van der Waals surface area contributed by atoms with Crippen LogP contribution in [0.1, 0.15) is 39.2 Å². The van der Waals surface area contributed by atoms with Crippen molar-refractivity contribution < 1.29 is 9.53 Å². The van der Waals surface area contributed by atoms with Crippen molar-refractivity contribution in [3.63, 3.8) is 0 Å². The van der Waals surface area contributed by atoms with Gasteiger partial charge >= 0.3 is 6.09 Å². The molecule has 122 valence electrons. The lowest BCUT2D eigenvalue weighted by Gasteiger charge is -2.23. The van der Waals surface area contributed by atoms with E-state index in [1.165, 1.54) is 12.8 Å². The Labute approximate surface area is 137 Å². The topological polar surface area (TPSA) is 50.4 Å². The molecule has 2 rings (SSSR count). The molecule has 0 bridgehead atoms. The van der Waals surface area contributed by atoms with Crippen molar-refractivity contribution in [2.45, 2.75) is 45.6 Å². The van der Waals surface area contributed by atoms with Gasteiger partial charge in [0, 0.05) is 10.7 Å². The van der Waals surface area contributed by atoms with Crippen molar-refractivity contribution in [2.24, 2.45) is 5.92 Å². The van der Waals surface area contributed by atoms with Gasteiger partial charge in [0.05, 0.1) is 0 Å². The van der Waals surface area contributed by atoms with Gasteiger partial charge in [-0.3, -0.25) is 5.32 Å². The maximum atomic E-state index is 11.8. The van der Waals surface area contributed by atoms with E-state index in [2.05, 4.69) is 10.6 Å². The molecule has 0 spiro atoms. The number of hydrogen-bond donors (Lipinski definition) is 2.